The summed E-state index contributed by atoms with van der Waals surface area (Å²) in [5, 5.41) is 4.03. The van der Waals surface area contributed by atoms with Crippen molar-refractivity contribution in [2.24, 2.45) is 0 Å². The number of benzene rings is 2. The molecule has 4 aromatic rings. The minimum absolute atomic E-state index is 0.162. The lowest BCUT2D eigenvalue weighted by Crippen LogP contribution is -2.05. The van der Waals surface area contributed by atoms with Gasteiger partial charge in [0, 0.05) is 29.3 Å². The fourth-order valence-corrected chi connectivity index (χ4v) is 3.83. The number of aromatic nitrogens is 1. The third kappa shape index (κ3) is 3.85. The number of para-hydroxylation sites is 2. The molecule has 0 amide bonds. The first-order chi connectivity index (χ1) is 14.9. The minimum atomic E-state index is -0.622. The Morgan fingerprint density at radius 1 is 1.03 bits per heavy atom. The number of nitrogens with one attached hydrogen (secondary N) is 1. The second-order valence-corrected chi connectivity index (χ2v) is 7.31. The number of halogens is 2. The molecule has 31 heavy (non-hydrogen) atoms. The van der Waals surface area contributed by atoms with Crippen molar-refractivity contribution >= 4 is 51.4 Å². The summed E-state index contributed by atoms with van der Waals surface area (Å²) in [4.78, 5) is 17.2. The SMILES string of the molecule is COc1cc(OC)c(Cl)c(-c2cc3cnc(Nc4ccccc4N)cc3oc2=O)c1Cl. The molecule has 0 aliphatic heterocycles. The molecule has 0 bridgehead atoms. The van der Waals surface area contributed by atoms with Crippen LogP contribution in [0.25, 0.3) is 22.1 Å². The van der Waals surface area contributed by atoms with E-state index in [1.165, 1.54) is 14.2 Å². The number of anilines is 3. The van der Waals surface area contributed by atoms with Gasteiger partial charge in [-0.1, -0.05) is 35.3 Å². The van der Waals surface area contributed by atoms with Gasteiger partial charge in [-0.3, -0.25) is 0 Å². The highest BCUT2D eigenvalue weighted by atomic mass is 35.5. The number of ether oxygens (including phenoxy) is 2. The van der Waals surface area contributed by atoms with E-state index in [1.54, 1.807) is 30.5 Å². The first-order valence-corrected chi connectivity index (χ1v) is 9.84. The summed E-state index contributed by atoms with van der Waals surface area (Å²) >= 11 is 12.9. The quantitative estimate of drug-likeness (QED) is 0.381. The van der Waals surface area contributed by atoms with Crippen LogP contribution in [0.5, 0.6) is 11.5 Å². The normalized spacial score (nSPS) is 10.8. The number of nitrogens with zero attached hydrogens (tertiary/aromatic N) is 1. The molecule has 2 aromatic heterocycles. The molecule has 0 unspecified atom stereocenters. The van der Waals surface area contributed by atoms with Crippen LogP contribution < -0.4 is 26.1 Å². The Kier molecular flexibility index (Phi) is 5.63. The van der Waals surface area contributed by atoms with Crippen molar-refractivity contribution in [2.45, 2.75) is 0 Å². The van der Waals surface area contributed by atoms with Crippen LogP contribution in [0.2, 0.25) is 10.0 Å². The number of hydrogen-bond donors (Lipinski definition) is 2. The summed E-state index contributed by atoms with van der Waals surface area (Å²) in [5.41, 5.74) is 7.35. The Labute approximate surface area is 187 Å². The van der Waals surface area contributed by atoms with Crippen molar-refractivity contribution in [2.75, 3.05) is 25.3 Å². The highest BCUT2D eigenvalue weighted by molar-refractivity contribution is 6.41. The molecule has 7 nitrogen and oxygen atoms in total. The fraction of sp³-hybridized carbons (Fsp3) is 0.0909. The standard InChI is InChI=1S/C22H17Cl2N3O4/c1-29-16-8-17(30-2)21(24)19(20(16)23)12-7-11-10-26-18(9-15(11)31-22(12)28)27-14-6-4-3-5-13(14)25/h3-10H,25H2,1-2H3,(H,26,27). The molecule has 158 valence electrons. The van der Waals surface area contributed by atoms with Crippen LogP contribution in [0.3, 0.4) is 0 Å². The van der Waals surface area contributed by atoms with E-state index in [9.17, 15) is 4.79 Å². The molecule has 0 aliphatic carbocycles. The van der Waals surface area contributed by atoms with E-state index < -0.39 is 5.63 Å². The Hall–Kier alpha value is -3.42. The topological polar surface area (TPSA) is 99.6 Å². The zero-order valence-corrected chi connectivity index (χ0v) is 18.0. The molecule has 0 fully saturated rings. The smallest absolute Gasteiger partial charge is 0.344 e. The number of pyridine rings is 1. The third-order valence-corrected chi connectivity index (χ3v) is 5.43. The first-order valence-electron chi connectivity index (χ1n) is 9.08. The van der Waals surface area contributed by atoms with E-state index >= 15 is 0 Å². The van der Waals surface area contributed by atoms with E-state index in [-0.39, 0.29) is 21.2 Å². The molecule has 2 heterocycles. The lowest BCUT2D eigenvalue weighted by Gasteiger charge is -2.14. The fourth-order valence-electron chi connectivity index (χ4n) is 3.13. The van der Waals surface area contributed by atoms with Crippen molar-refractivity contribution in [1.29, 1.82) is 0 Å². The van der Waals surface area contributed by atoms with Gasteiger partial charge in [0.1, 0.15) is 22.9 Å². The van der Waals surface area contributed by atoms with Crippen molar-refractivity contribution in [3.05, 3.63) is 69.1 Å². The second-order valence-electron chi connectivity index (χ2n) is 6.55. The van der Waals surface area contributed by atoms with Gasteiger partial charge in [-0.15, -0.1) is 0 Å². The Morgan fingerprint density at radius 3 is 2.35 bits per heavy atom. The van der Waals surface area contributed by atoms with Gasteiger partial charge in [0.25, 0.3) is 0 Å². The Morgan fingerprint density at radius 2 is 1.71 bits per heavy atom. The predicted molar refractivity (Wildman–Crippen MR) is 123 cm³/mol. The van der Waals surface area contributed by atoms with Gasteiger partial charge in [0.2, 0.25) is 0 Å². The summed E-state index contributed by atoms with van der Waals surface area (Å²) in [6.45, 7) is 0. The van der Waals surface area contributed by atoms with Crippen molar-refractivity contribution in [3.63, 3.8) is 0 Å². The second kappa shape index (κ2) is 8.37. The summed E-state index contributed by atoms with van der Waals surface area (Å²) in [5.74, 6) is 1.10. The summed E-state index contributed by atoms with van der Waals surface area (Å²) in [7, 11) is 2.91. The number of fused-ring (bicyclic) bond motifs is 1. The zero-order valence-electron chi connectivity index (χ0n) is 16.5. The van der Waals surface area contributed by atoms with Gasteiger partial charge in [-0.05, 0) is 18.2 Å². The van der Waals surface area contributed by atoms with Gasteiger partial charge in [0.05, 0.1) is 41.2 Å². The van der Waals surface area contributed by atoms with Gasteiger partial charge in [0.15, 0.2) is 0 Å². The van der Waals surface area contributed by atoms with Crippen LogP contribution in [0.1, 0.15) is 0 Å². The monoisotopic (exact) mass is 457 g/mol. The Balaban J connectivity index is 1.83. The molecule has 9 heteroatoms. The maximum atomic E-state index is 12.8. The maximum Gasteiger partial charge on any atom is 0.344 e. The molecular weight excluding hydrogens is 441 g/mol. The number of nitrogens with two attached hydrogens (primary N) is 1. The van der Waals surface area contributed by atoms with E-state index in [0.717, 1.165) is 0 Å². The van der Waals surface area contributed by atoms with Crippen LogP contribution in [-0.2, 0) is 0 Å². The van der Waals surface area contributed by atoms with E-state index in [2.05, 4.69) is 10.3 Å². The molecule has 0 spiro atoms. The van der Waals surface area contributed by atoms with Gasteiger partial charge < -0.3 is 24.9 Å². The van der Waals surface area contributed by atoms with Crippen molar-refractivity contribution in [1.82, 2.24) is 4.98 Å². The molecule has 3 N–H and O–H groups in total. The van der Waals surface area contributed by atoms with E-state index in [4.69, 9.17) is 42.8 Å². The molecule has 0 aliphatic rings. The first kappa shape index (κ1) is 20.8. The van der Waals surface area contributed by atoms with Crippen LogP contribution >= 0.6 is 23.2 Å². The van der Waals surface area contributed by atoms with Crippen molar-refractivity contribution in [3.8, 4) is 22.6 Å². The molecule has 2 aromatic carbocycles. The lowest BCUT2D eigenvalue weighted by atomic mass is 10.1. The molecule has 0 radical (unpaired) electrons. The number of nitrogen functional groups attached to an aromatic ring is 1. The highest BCUT2D eigenvalue weighted by Crippen LogP contribution is 2.45. The summed E-state index contributed by atoms with van der Waals surface area (Å²) in [6, 6.07) is 12.0. The summed E-state index contributed by atoms with van der Waals surface area (Å²) < 4.78 is 16.1. The van der Waals surface area contributed by atoms with Crippen molar-refractivity contribution < 1.29 is 13.9 Å². The van der Waals surface area contributed by atoms with Gasteiger partial charge >= 0.3 is 5.63 Å². The van der Waals surface area contributed by atoms with Gasteiger partial charge in [-0.25, -0.2) is 9.78 Å². The summed E-state index contributed by atoms with van der Waals surface area (Å²) in [6.07, 6.45) is 1.57. The largest absolute Gasteiger partial charge is 0.495 e. The van der Waals surface area contributed by atoms with Crippen LogP contribution in [0.4, 0.5) is 17.2 Å². The molecule has 0 atom stereocenters. The van der Waals surface area contributed by atoms with E-state index in [0.29, 0.717) is 39.7 Å². The van der Waals surface area contributed by atoms with Crippen LogP contribution in [0.15, 0.2) is 57.9 Å². The van der Waals surface area contributed by atoms with Gasteiger partial charge in [-0.2, -0.15) is 0 Å². The highest BCUT2D eigenvalue weighted by Gasteiger charge is 2.22. The predicted octanol–water partition coefficient (Wildman–Crippen LogP) is 5.50. The molecule has 0 saturated heterocycles. The molecular formula is C22H17Cl2N3O4. The third-order valence-electron chi connectivity index (χ3n) is 4.68. The number of methoxy groups -OCH3 is 2. The number of rotatable bonds is 5. The average Bonchev–Trinajstić information content (AvgIpc) is 2.76. The number of hydrogen-bond acceptors (Lipinski definition) is 7. The minimum Gasteiger partial charge on any atom is -0.495 e. The lowest BCUT2D eigenvalue weighted by molar-refractivity contribution is 0.395. The zero-order chi connectivity index (χ0) is 22.1. The van der Waals surface area contributed by atoms with Crippen LogP contribution in [0, 0.1) is 0 Å². The maximum absolute atomic E-state index is 12.8. The van der Waals surface area contributed by atoms with Crippen LogP contribution in [-0.4, -0.2) is 19.2 Å². The van der Waals surface area contributed by atoms with E-state index in [1.807, 2.05) is 18.2 Å². The Bertz CT molecular complexity index is 1330. The molecule has 0 saturated carbocycles. The molecule has 4 rings (SSSR count). The average molecular weight is 458 g/mol.